The Bertz CT molecular complexity index is 861. The van der Waals surface area contributed by atoms with Gasteiger partial charge in [0.05, 0.1) is 0 Å². The van der Waals surface area contributed by atoms with Crippen LogP contribution >= 0.6 is 35.3 Å². The Morgan fingerprint density at radius 3 is 2.81 bits per heavy atom. The molecule has 6 nitrogen and oxygen atoms in total. The molecule has 4 rings (SSSR count). The van der Waals surface area contributed by atoms with E-state index < -0.39 is 0 Å². The van der Waals surface area contributed by atoms with E-state index in [4.69, 9.17) is 9.47 Å². The number of fused-ring (bicyclic) bond motifs is 1. The summed E-state index contributed by atoms with van der Waals surface area (Å²) in [5.41, 5.74) is 1.18. The summed E-state index contributed by atoms with van der Waals surface area (Å²) < 4.78 is 11.4. The number of hydrogen-bond acceptors (Lipinski definition) is 5. The molecule has 1 N–H and O–H groups in total. The minimum atomic E-state index is 0. The standard InChI is InChI=1S/C23H32N4O2S.HI/c1-24-23(27(3)16-17-8-9-19-20(14-17)29-12-11-28-19)25-15-18-6-4-10-26(2)22(18)21-7-5-13-30-21;/h5,7-9,13-14,18,22H,4,6,10-12,15-16H2,1-3H3,(H,24,25);1H. The van der Waals surface area contributed by atoms with Crippen LogP contribution in [0.15, 0.2) is 40.7 Å². The van der Waals surface area contributed by atoms with Gasteiger partial charge in [-0.15, -0.1) is 35.3 Å². The lowest BCUT2D eigenvalue weighted by atomic mass is 9.88. The van der Waals surface area contributed by atoms with Crippen LogP contribution in [-0.2, 0) is 6.54 Å². The Balaban J connectivity index is 0.00000272. The lowest BCUT2D eigenvalue weighted by Gasteiger charge is -2.39. The molecule has 1 aromatic heterocycles. The summed E-state index contributed by atoms with van der Waals surface area (Å²) in [6, 6.07) is 11.1. The Morgan fingerprint density at radius 2 is 2.06 bits per heavy atom. The van der Waals surface area contributed by atoms with Crippen molar-refractivity contribution in [3.05, 3.63) is 46.2 Å². The van der Waals surface area contributed by atoms with Gasteiger partial charge in [-0.2, -0.15) is 0 Å². The maximum atomic E-state index is 5.72. The Morgan fingerprint density at radius 1 is 1.26 bits per heavy atom. The van der Waals surface area contributed by atoms with Crippen molar-refractivity contribution >= 4 is 41.3 Å². The van der Waals surface area contributed by atoms with Crippen LogP contribution in [0.4, 0.5) is 0 Å². The molecule has 2 aromatic rings. The minimum Gasteiger partial charge on any atom is -0.486 e. The molecule has 3 heterocycles. The van der Waals surface area contributed by atoms with E-state index >= 15 is 0 Å². The summed E-state index contributed by atoms with van der Waals surface area (Å²) in [5.74, 6) is 3.15. The van der Waals surface area contributed by atoms with E-state index in [1.165, 1.54) is 23.3 Å². The van der Waals surface area contributed by atoms with Crippen molar-refractivity contribution in [3.8, 4) is 11.5 Å². The first kappa shape index (κ1) is 24.1. The second-order valence-electron chi connectivity index (χ2n) is 8.11. The zero-order valence-electron chi connectivity index (χ0n) is 18.5. The lowest BCUT2D eigenvalue weighted by Crippen LogP contribution is -2.45. The highest BCUT2D eigenvalue weighted by Crippen LogP contribution is 2.37. The number of hydrogen-bond donors (Lipinski definition) is 1. The number of halogens is 1. The average molecular weight is 557 g/mol. The van der Waals surface area contributed by atoms with Gasteiger partial charge in [-0.1, -0.05) is 12.1 Å². The second-order valence-corrected chi connectivity index (χ2v) is 9.08. The number of thiophene rings is 1. The number of ether oxygens (including phenoxy) is 2. The molecule has 0 spiro atoms. The third kappa shape index (κ3) is 5.84. The summed E-state index contributed by atoms with van der Waals surface area (Å²) in [4.78, 5) is 10.7. The number of nitrogens with one attached hydrogen (secondary N) is 1. The maximum Gasteiger partial charge on any atom is 0.193 e. The predicted octanol–water partition coefficient (Wildman–Crippen LogP) is 4.23. The van der Waals surface area contributed by atoms with E-state index in [0.29, 0.717) is 25.2 Å². The third-order valence-electron chi connectivity index (χ3n) is 5.96. The Hall–Kier alpha value is -1.52. The lowest BCUT2D eigenvalue weighted by molar-refractivity contribution is 0.124. The molecule has 0 aliphatic carbocycles. The van der Waals surface area contributed by atoms with Gasteiger partial charge in [-0.3, -0.25) is 9.89 Å². The number of guanidine groups is 1. The van der Waals surface area contributed by atoms with Gasteiger partial charge in [0, 0.05) is 38.1 Å². The van der Waals surface area contributed by atoms with Crippen LogP contribution in [-0.4, -0.2) is 63.2 Å². The summed E-state index contributed by atoms with van der Waals surface area (Å²) in [6.07, 6.45) is 2.49. The summed E-state index contributed by atoms with van der Waals surface area (Å²) in [5, 5.41) is 5.81. The molecule has 170 valence electrons. The monoisotopic (exact) mass is 556 g/mol. The third-order valence-corrected chi connectivity index (χ3v) is 6.91. The first-order valence-corrected chi connectivity index (χ1v) is 11.6. The molecule has 0 saturated carbocycles. The van der Waals surface area contributed by atoms with Gasteiger partial charge in [0.2, 0.25) is 0 Å². The van der Waals surface area contributed by atoms with Gasteiger partial charge in [0.1, 0.15) is 13.2 Å². The van der Waals surface area contributed by atoms with Crippen molar-refractivity contribution in [1.82, 2.24) is 15.1 Å². The minimum absolute atomic E-state index is 0. The van der Waals surface area contributed by atoms with Crippen LogP contribution in [0.1, 0.15) is 29.3 Å². The average Bonchev–Trinajstić information content (AvgIpc) is 3.28. The zero-order chi connectivity index (χ0) is 20.9. The number of piperidine rings is 1. The van der Waals surface area contributed by atoms with Crippen LogP contribution in [0.25, 0.3) is 0 Å². The van der Waals surface area contributed by atoms with Gasteiger partial charge in [0.25, 0.3) is 0 Å². The highest BCUT2D eigenvalue weighted by molar-refractivity contribution is 14.0. The van der Waals surface area contributed by atoms with E-state index in [0.717, 1.165) is 37.1 Å². The van der Waals surface area contributed by atoms with Crippen LogP contribution in [0.5, 0.6) is 11.5 Å². The fourth-order valence-corrected chi connectivity index (χ4v) is 5.51. The van der Waals surface area contributed by atoms with Crippen LogP contribution < -0.4 is 14.8 Å². The quantitative estimate of drug-likeness (QED) is 0.340. The van der Waals surface area contributed by atoms with Gasteiger partial charge in [0.15, 0.2) is 17.5 Å². The fourth-order valence-electron chi connectivity index (χ4n) is 4.52. The molecular formula is C23H33IN4O2S. The first-order chi connectivity index (χ1) is 14.7. The molecular weight excluding hydrogens is 523 g/mol. The molecule has 0 bridgehead atoms. The smallest absolute Gasteiger partial charge is 0.193 e. The molecule has 2 atom stereocenters. The summed E-state index contributed by atoms with van der Waals surface area (Å²) in [6.45, 7) is 4.07. The van der Waals surface area contributed by atoms with Gasteiger partial charge in [-0.25, -0.2) is 0 Å². The van der Waals surface area contributed by atoms with Crippen molar-refractivity contribution in [2.45, 2.75) is 25.4 Å². The molecule has 0 radical (unpaired) electrons. The molecule has 1 fully saturated rings. The molecule has 2 unspecified atom stereocenters. The summed E-state index contributed by atoms with van der Waals surface area (Å²) >= 11 is 1.86. The Kier molecular flexibility index (Phi) is 8.85. The topological polar surface area (TPSA) is 49.3 Å². The first-order valence-electron chi connectivity index (χ1n) is 10.7. The SMILES string of the molecule is CN=C(NCC1CCCN(C)C1c1cccs1)N(C)Cc1ccc2c(c1)OCCO2.I. The van der Waals surface area contributed by atoms with Crippen molar-refractivity contribution < 1.29 is 9.47 Å². The predicted molar refractivity (Wildman–Crippen MR) is 138 cm³/mol. The van der Waals surface area contributed by atoms with Gasteiger partial charge in [-0.05, 0) is 61.5 Å². The summed E-state index contributed by atoms with van der Waals surface area (Å²) in [7, 11) is 6.18. The molecule has 8 heteroatoms. The van der Waals surface area contributed by atoms with Crippen molar-refractivity contribution in [1.29, 1.82) is 0 Å². The molecule has 1 aromatic carbocycles. The largest absolute Gasteiger partial charge is 0.486 e. The molecule has 31 heavy (non-hydrogen) atoms. The van der Waals surface area contributed by atoms with Crippen LogP contribution in [0, 0.1) is 5.92 Å². The fraction of sp³-hybridized carbons (Fsp3) is 0.522. The molecule has 1 saturated heterocycles. The van der Waals surface area contributed by atoms with Gasteiger partial charge < -0.3 is 19.7 Å². The van der Waals surface area contributed by atoms with Crippen molar-refractivity contribution in [2.24, 2.45) is 10.9 Å². The van der Waals surface area contributed by atoms with Crippen molar-refractivity contribution in [2.75, 3.05) is 47.4 Å². The molecule has 2 aliphatic heterocycles. The number of likely N-dealkylation sites (tertiary alicyclic amines) is 1. The van der Waals surface area contributed by atoms with E-state index in [9.17, 15) is 0 Å². The second kappa shape index (κ2) is 11.4. The number of aliphatic imine (C=N–C) groups is 1. The maximum absolute atomic E-state index is 5.72. The number of nitrogens with zero attached hydrogens (tertiary/aromatic N) is 3. The van der Waals surface area contributed by atoms with Gasteiger partial charge >= 0.3 is 0 Å². The van der Waals surface area contributed by atoms with E-state index in [-0.39, 0.29) is 24.0 Å². The molecule has 0 amide bonds. The van der Waals surface area contributed by atoms with Crippen molar-refractivity contribution in [3.63, 3.8) is 0 Å². The van der Waals surface area contributed by atoms with E-state index in [1.54, 1.807) is 0 Å². The van der Waals surface area contributed by atoms with E-state index in [2.05, 4.69) is 63.8 Å². The number of benzene rings is 1. The zero-order valence-corrected chi connectivity index (χ0v) is 21.7. The Labute approximate surface area is 206 Å². The van der Waals surface area contributed by atoms with Crippen LogP contribution in [0.3, 0.4) is 0 Å². The highest BCUT2D eigenvalue weighted by Gasteiger charge is 2.31. The number of rotatable bonds is 5. The molecule has 2 aliphatic rings. The highest BCUT2D eigenvalue weighted by atomic mass is 127. The normalized spacial score (nSPS) is 21.3. The van der Waals surface area contributed by atoms with Crippen LogP contribution in [0.2, 0.25) is 0 Å². The van der Waals surface area contributed by atoms with E-state index in [1.807, 2.05) is 24.5 Å².